The Balaban J connectivity index is 3.03. The fraction of sp³-hybridized carbons (Fsp3) is 0.529. The highest BCUT2D eigenvalue weighted by molar-refractivity contribution is 5.76. The molecule has 1 rings (SSSR count). The first-order chi connectivity index (χ1) is 11.9. The van der Waals surface area contributed by atoms with Crippen LogP contribution in [0.25, 0.3) is 0 Å². The standard InChI is InChI=1S/C17H22F3NO5/c1-6-24-14(22)17(19,20)25-13-8-7-11(18)9-12(13)10(2)21-15(23)26-16(3,4)5/h7-10H,6H2,1-5H3,(H,21,23)/t10-/m1/s1. The van der Waals surface area contributed by atoms with Gasteiger partial charge in [0.2, 0.25) is 0 Å². The van der Waals surface area contributed by atoms with E-state index in [0.29, 0.717) is 0 Å². The minimum Gasteiger partial charge on any atom is -0.459 e. The lowest BCUT2D eigenvalue weighted by molar-refractivity contribution is -0.216. The number of alkyl carbamates (subject to hydrolysis) is 1. The normalized spacial score (nSPS) is 12.9. The number of hydrogen-bond donors (Lipinski definition) is 1. The van der Waals surface area contributed by atoms with Gasteiger partial charge in [0.25, 0.3) is 0 Å². The Labute approximate surface area is 149 Å². The number of esters is 1. The fourth-order valence-electron chi connectivity index (χ4n) is 1.91. The van der Waals surface area contributed by atoms with Crippen LogP contribution >= 0.6 is 0 Å². The summed E-state index contributed by atoms with van der Waals surface area (Å²) in [7, 11) is 0. The number of nitrogens with one attached hydrogen (secondary N) is 1. The van der Waals surface area contributed by atoms with Crippen LogP contribution in [0.1, 0.15) is 46.2 Å². The van der Waals surface area contributed by atoms with E-state index in [1.807, 2.05) is 0 Å². The van der Waals surface area contributed by atoms with Crippen LogP contribution in [-0.2, 0) is 14.3 Å². The number of halogens is 3. The molecule has 0 radical (unpaired) electrons. The molecular weight excluding hydrogens is 355 g/mol. The minimum absolute atomic E-state index is 0.0974. The van der Waals surface area contributed by atoms with Crippen LogP contribution in [0.5, 0.6) is 5.75 Å². The number of ether oxygens (including phenoxy) is 3. The minimum atomic E-state index is -4.27. The Kier molecular flexibility index (Phi) is 6.88. The number of alkyl halides is 2. The Morgan fingerprint density at radius 3 is 2.38 bits per heavy atom. The van der Waals surface area contributed by atoms with Gasteiger partial charge in [0.05, 0.1) is 12.6 Å². The zero-order valence-corrected chi connectivity index (χ0v) is 15.2. The average molecular weight is 377 g/mol. The molecule has 0 saturated heterocycles. The molecule has 0 aliphatic carbocycles. The first-order valence-corrected chi connectivity index (χ1v) is 7.88. The van der Waals surface area contributed by atoms with Gasteiger partial charge in [-0.25, -0.2) is 14.0 Å². The molecule has 0 heterocycles. The third-order valence-electron chi connectivity index (χ3n) is 2.92. The Bertz CT molecular complexity index is 658. The van der Waals surface area contributed by atoms with Gasteiger partial charge < -0.3 is 19.5 Å². The summed E-state index contributed by atoms with van der Waals surface area (Å²) in [5, 5.41) is 2.39. The molecule has 0 aromatic heterocycles. The monoisotopic (exact) mass is 377 g/mol. The van der Waals surface area contributed by atoms with Crippen LogP contribution < -0.4 is 10.1 Å². The third-order valence-corrected chi connectivity index (χ3v) is 2.92. The van der Waals surface area contributed by atoms with E-state index in [1.54, 1.807) is 20.8 Å². The van der Waals surface area contributed by atoms with Crippen LogP contribution in [0.15, 0.2) is 18.2 Å². The molecule has 1 atom stereocenters. The van der Waals surface area contributed by atoms with Crippen molar-refractivity contribution in [3.05, 3.63) is 29.6 Å². The Hall–Kier alpha value is -2.45. The quantitative estimate of drug-likeness (QED) is 0.760. The number of amides is 1. The first kappa shape index (κ1) is 21.6. The van der Waals surface area contributed by atoms with Crippen LogP contribution in [0, 0.1) is 5.82 Å². The van der Waals surface area contributed by atoms with Gasteiger partial charge in [-0.05, 0) is 52.8 Å². The van der Waals surface area contributed by atoms with Crippen molar-refractivity contribution >= 4 is 12.1 Å². The maximum atomic E-state index is 13.8. The molecular formula is C17H22F3NO5. The molecule has 1 aromatic rings. The predicted molar refractivity (Wildman–Crippen MR) is 86.4 cm³/mol. The van der Waals surface area contributed by atoms with Crippen molar-refractivity contribution in [2.24, 2.45) is 0 Å². The Morgan fingerprint density at radius 1 is 1.23 bits per heavy atom. The number of benzene rings is 1. The number of rotatable bonds is 6. The van der Waals surface area contributed by atoms with E-state index in [9.17, 15) is 22.8 Å². The summed E-state index contributed by atoms with van der Waals surface area (Å²) in [6.45, 7) is 7.47. The molecule has 0 aliphatic rings. The number of carbonyl (C=O) groups excluding carboxylic acids is 2. The summed E-state index contributed by atoms with van der Waals surface area (Å²) in [6.07, 6.45) is -5.09. The maximum Gasteiger partial charge on any atom is 0.502 e. The lowest BCUT2D eigenvalue weighted by Gasteiger charge is -2.24. The molecule has 26 heavy (non-hydrogen) atoms. The largest absolute Gasteiger partial charge is 0.502 e. The molecule has 0 bridgehead atoms. The van der Waals surface area contributed by atoms with E-state index < -0.39 is 41.4 Å². The molecule has 146 valence electrons. The van der Waals surface area contributed by atoms with E-state index >= 15 is 0 Å². The van der Waals surface area contributed by atoms with Crippen molar-refractivity contribution in [1.29, 1.82) is 0 Å². The van der Waals surface area contributed by atoms with Crippen molar-refractivity contribution in [1.82, 2.24) is 5.32 Å². The lowest BCUT2D eigenvalue weighted by atomic mass is 10.1. The summed E-state index contributed by atoms with van der Waals surface area (Å²) >= 11 is 0. The van der Waals surface area contributed by atoms with Crippen LogP contribution in [0.3, 0.4) is 0 Å². The molecule has 1 aromatic carbocycles. The van der Waals surface area contributed by atoms with Gasteiger partial charge >= 0.3 is 18.2 Å². The molecule has 6 nitrogen and oxygen atoms in total. The zero-order valence-electron chi connectivity index (χ0n) is 15.2. The highest BCUT2D eigenvalue weighted by atomic mass is 19.3. The highest BCUT2D eigenvalue weighted by Crippen LogP contribution is 2.31. The summed E-state index contributed by atoms with van der Waals surface area (Å²) in [5.74, 6) is -3.08. The van der Waals surface area contributed by atoms with Gasteiger partial charge in [-0.2, -0.15) is 8.78 Å². The SMILES string of the molecule is CCOC(=O)C(F)(F)Oc1ccc(F)cc1[C@@H](C)NC(=O)OC(C)(C)C. The second kappa shape index (κ2) is 8.29. The second-order valence-electron chi connectivity index (χ2n) is 6.39. The van der Waals surface area contributed by atoms with Crippen LogP contribution in [0.2, 0.25) is 0 Å². The lowest BCUT2D eigenvalue weighted by Crippen LogP contribution is -2.38. The van der Waals surface area contributed by atoms with E-state index in [0.717, 1.165) is 18.2 Å². The second-order valence-corrected chi connectivity index (χ2v) is 6.39. The van der Waals surface area contributed by atoms with E-state index in [-0.39, 0.29) is 12.2 Å². The molecule has 0 fully saturated rings. The predicted octanol–water partition coefficient (Wildman–Crippen LogP) is 3.95. The molecule has 9 heteroatoms. The summed E-state index contributed by atoms with van der Waals surface area (Å²) in [6, 6.07) is 1.80. The van der Waals surface area contributed by atoms with Crippen LogP contribution in [0.4, 0.5) is 18.0 Å². The maximum absolute atomic E-state index is 13.8. The third kappa shape index (κ3) is 6.45. The number of hydrogen-bond acceptors (Lipinski definition) is 5. The number of carbonyl (C=O) groups is 2. The van der Waals surface area contributed by atoms with Gasteiger partial charge in [0.15, 0.2) is 0 Å². The molecule has 1 amide bonds. The smallest absolute Gasteiger partial charge is 0.459 e. The van der Waals surface area contributed by atoms with Crippen molar-refractivity contribution in [2.45, 2.75) is 52.4 Å². The van der Waals surface area contributed by atoms with Gasteiger partial charge in [-0.3, -0.25) is 0 Å². The zero-order chi connectivity index (χ0) is 20.1. The summed E-state index contributed by atoms with van der Waals surface area (Å²) in [4.78, 5) is 23.1. The topological polar surface area (TPSA) is 73.9 Å². The van der Waals surface area contributed by atoms with Crippen molar-refractivity contribution in [3.63, 3.8) is 0 Å². The van der Waals surface area contributed by atoms with Gasteiger partial charge in [-0.1, -0.05) is 0 Å². The molecule has 0 aliphatic heterocycles. The van der Waals surface area contributed by atoms with Gasteiger partial charge in [0.1, 0.15) is 17.2 Å². The average Bonchev–Trinajstić information content (AvgIpc) is 2.47. The summed E-state index contributed by atoms with van der Waals surface area (Å²) in [5.41, 5.74) is -0.873. The molecule has 0 saturated carbocycles. The van der Waals surface area contributed by atoms with Crippen LogP contribution in [-0.4, -0.2) is 30.4 Å². The molecule has 1 N–H and O–H groups in total. The van der Waals surface area contributed by atoms with E-state index in [2.05, 4.69) is 14.8 Å². The van der Waals surface area contributed by atoms with Crippen molar-refractivity contribution in [3.8, 4) is 5.75 Å². The van der Waals surface area contributed by atoms with Gasteiger partial charge in [0, 0.05) is 5.56 Å². The summed E-state index contributed by atoms with van der Waals surface area (Å²) < 4.78 is 54.9. The highest BCUT2D eigenvalue weighted by Gasteiger charge is 2.45. The van der Waals surface area contributed by atoms with Crippen molar-refractivity contribution < 1.29 is 37.0 Å². The molecule has 0 unspecified atom stereocenters. The van der Waals surface area contributed by atoms with E-state index in [4.69, 9.17) is 4.74 Å². The molecule has 0 spiro atoms. The van der Waals surface area contributed by atoms with Crippen molar-refractivity contribution in [2.75, 3.05) is 6.61 Å². The van der Waals surface area contributed by atoms with Gasteiger partial charge in [-0.15, -0.1) is 0 Å². The first-order valence-electron chi connectivity index (χ1n) is 7.88. The fourth-order valence-corrected chi connectivity index (χ4v) is 1.91. The van der Waals surface area contributed by atoms with E-state index in [1.165, 1.54) is 13.8 Å². The Morgan fingerprint density at radius 2 is 1.85 bits per heavy atom.